The Morgan fingerprint density at radius 3 is 1.92 bits per heavy atom. The molecule has 0 spiro atoms. The third-order valence-electron chi connectivity index (χ3n) is 7.04. The molecule has 0 radical (unpaired) electrons. The fraction of sp³-hybridized carbons (Fsp3) is 0.345. The summed E-state index contributed by atoms with van der Waals surface area (Å²) in [6.07, 6.45) is 2.19. The first-order valence-corrected chi connectivity index (χ1v) is 14.1. The fourth-order valence-electron chi connectivity index (χ4n) is 4.71. The zero-order chi connectivity index (χ0) is 27.5. The normalized spacial score (nSPS) is 19.1. The maximum Gasteiger partial charge on any atom is 0.270 e. The van der Waals surface area contributed by atoms with Gasteiger partial charge in [0.05, 0.1) is 10.9 Å². The molecule has 0 heterocycles. The summed E-state index contributed by atoms with van der Waals surface area (Å²) < 4.78 is 68.7. The van der Waals surface area contributed by atoms with E-state index in [-0.39, 0.29) is 40.2 Å². The topological polar surface area (TPSA) is 75.3 Å². The standard InChI is InChI=1S/C29H31F3N2O3S/c1-19(20-5-13-25(30)14-6-20)33-28(35)23-7-15-26(16-8-23)34-38(36,37)27-17-9-22(10-18-27)21-3-11-24(12-4-21)29(2,31)32/h3-6,9-14,17-19,23,26,34H,7-8,15-16H2,1-2H3,(H,33,35)/t19-,23-,26-/m1/s1. The van der Waals surface area contributed by atoms with Crippen molar-refractivity contribution in [1.82, 2.24) is 10.0 Å². The van der Waals surface area contributed by atoms with Crippen LogP contribution in [0.5, 0.6) is 0 Å². The van der Waals surface area contributed by atoms with Gasteiger partial charge in [-0.1, -0.05) is 48.5 Å². The summed E-state index contributed by atoms with van der Waals surface area (Å²) in [5, 5.41) is 2.97. The van der Waals surface area contributed by atoms with Crippen LogP contribution in [0.4, 0.5) is 13.2 Å². The zero-order valence-electron chi connectivity index (χ0n) is 21.3. The van der Waals surface area contributed by atoms with Crippen LogP contribution in [0, 0.1) is 11.7 Å². The van der Waals surface area contributed by atoms with E-state index in [1.165, 1.54) is 36.4 Å². The van der Waals surface area contributed by atoms with Crippen LogP contribution in [0.2, 0.25) is 0 Å². The van der Waals surface area contributed by atoms with E-state index in [2.05, 4.69) is 10.0 Å². The summed E-state index contributed by atoms with van der Waals surface area (Å²) in [6, 6.07) is 17.7. The lowest BCUT2D eigenvalue weighted by Gasteiger charge is -2.29. The molecule has 1 amide bonds. The molecule has 9 heteroatoms. The lowest BCUT2D eigenvalue weighted by molar-refractivity contribution is -0.126. The van der Waals surface area contributed by atoms with E-state index < -0.39 is 15.9 Å². The molecule has 1 aliphatic rings. The van der Waals surface area contributed by atoms with Crippen LogP contribution in [-0.2, 0) is 20.7 Å². The van der Waals surface area contributed by atoms with Gasteiger partial charge < -0.3 is 5.32 Å². The van der Waals surface area contributed by atoms with Gasteiger partial charge in [-0.15, -0.1) is 0 Å². The molecule has 5 nitrogen and oxygen atoms in total. The Labute approximate surface area is 221 Å². The molecule has 3 aromatic rings. The quantitative estimate of drug-likeness (QED) is 0.349. The lowest BCUT2D eigenvalue weighted by Crippen LogP contribution is -2.41. The number of nitrogens with one attached hydrogen (secondary N) is 2. The van der Waals surface area contributed by atoms with Gasteiger partial charge in [-0.3, -0.25) is 4.79 Å². The molecule has 3 aromatic carbocycles. The number of sulfonamides is 1. The molecule has 0 unspecified atom stereocenters. The van der Waals surface area contributed by atoms with E-state index in [0.29, 0.717) is 31.2 Å². The number of amides is 1. The van der Waals surface area contributed by atoms with Crippen molar-refractivity contribution in [3.05, 3.63) is 89.7 Å². The molecule has 0 aliphatic heterocycles. The maximum atomic E-state index is 13.4. The van der Waals surface area contributed by atoms with E-state index in [4.69, 9.17) is 0 Å². The van der Waals surface area contributed by atoms with E-state index in [0.717, 1.165) is 18.1 Å². The Morgan fingerprint density at radius 1 is 0.868 bits per heavy atom. The highest BCUT2D eigenvalue weighted by Crippen LogP contribution is 2.30. The Bertz CT molecular complexity index is 1350. The van der Waals surface area contributed by atoms with Crippen LogP contribution in [0.25, 0.3) is 11.1 Å². The Kier molecular flexibility index (Phi) is 8.28. The van der Waals surface area contributed by atoms with Gasteiger partial charge in [-0.25, -0.2) is 26.3 Å². The van der Waals surface area contributed by atoms with Gasteiger partial charge >= 0.3 is 0 Å². The van der Waals surface area contributed by atoms with Gasteiger partial charge in [-0.05, 0) is 73.6 Å². The van der Waals surface area contributed by atoms with Gasteiger partial charge in [0.1, 0.15) is 5.82 Å². The second-order valence-corrected chi connectivity index (χ2v) is 11.7. The molecule has 4 rings (SSSR count). The molecule has 1 saturated carbocycles. The number of benzene rings is 3. The third-order valence-corrected chi connectivity index (χ3v) is 8.57. The van der Waals surface area contributed by atoms with Crippen molar-refractivity contribution in [2.75, 3.05) is 0 Å². The summed E-state index contributed by atoms with van der Waals surface area (Å²) >= 11 is 0. The van der Waals surface area contributed by atoms with Gasteiger partial charge in [0.15, 0.2) is 0 Å². The van der Waals surface area contributed by atoms with E-state index in [1.54, 1.807) is 36.4 Å². The Morgan fingerprint density at radius 2 is 1.39 bits per heavy atom. The molecule has 0 bridgehead atoms. The van der Waals surface area contributed by atoms with Crippen molar-refractivity contribution in [3.63, 3.8) is 0 Å². The van der Waals surface area contributed by atoms with Crippen molar-refractivity contribution in [1.29, 1.82) is 0 Å². The van der Waals surface area contributed by atoms with Crippen LogP contribution >= 0.6 is 0 Å². The van der Waals surface area contributed by atoms with Gasteiger partial charge in [0, 0.05) is 24.4 Å². The van der Waals surface area contributed by atoms with Crippen LogP contribution in [-0.4, -0.2) is 20.4 Å². The second kappa shape index (κ2) is 11.3. The number of alkyl halides is 2. The summed E-state index contributed by atoms with van der Waals surface area (Å²) in [4.78, 5) is 12.8. The Hall–Kier alpha value is -3.17. The minimum absolute atomic E-state index is 0.0840. The van der Waals surface area contributed by atoms with Crippen LogP contribution in [0.3, 0.4) is 0 Å². The number of hydrogen-bond acceptors (Lipinski definition) is 3. The molecule has 2 N–H and O–H groups in total. The average molecular weight is 545 g/mol. The maximum absolute atomic E-state index is 13.4. The summed E-state index contributed by atoms with van der Waals surface area (Å²) in [5.41, 5.74) is 2.16. The zero-order valence-corrected chi connectivity index (χ0v) is 22.1. The average Bonchev–Trinajstić information content (AvgIpc) is 2.89. The molecule has 1 aliphatic carbocycles. The third kappa shape index (κ3) is 6.82. The number of carbonyl (C=O) groups is 1. The SMILES string of the molecule is C[C@@H](NC(=O)[C@H]1CC[C@H](NS(=O)(=O)c2ccc(-c3ccc(C(C)(F)F)cc3)cc2)CC1)c1ccc(F)cc1. The number of hydrogen-bond donors (Lipinski definition) is 2. The largest absolute Gasteiger partial charge is 0.349 e. The van der Waals surface area contributed by atoms with Gasteiger partial charge in [0.25, 0.3) is 5.92 Å². The van der Waals surface area contributed by atoms with Crippen molar-refractivity contribution >= 4 is 15.9 Å². The molecule has 0 aromatic heterocycles. The van der Waals surface area contributed by atoms with Crippen LogP contribution in [0.15, 0.2) is 77.7 Å². The highest BCUT2D eigenvalue weighted by atomic mass is 32.2. The molecule has 38 heavy (non-hydrogen) atoms. The summed E-state index contributed by atoms with van der Waals surface area (Å²) in [7, 11) is -3.76. The molecule has 0 saturated heterocycles. The predicted molar refractivity (Wildman–Crippen MR) is 140 cm³/mol. The highest BCUT2D eigenvalue weighted by Gasteiger charge is 2.30. The van der Waals surface area contributed by atoms with Gasteiger partial charge in [-0.2, -0.15) is 0 Å². The van der Waals surface area contributed by atoms with Crippen LogP contribution < -0.4 is 10.0 Å². The number of carbonyl (C=O) groups excluding carboxylic acids is 1. The van der Waals surface area contributed by atoms with Gasteiger partial charge in [0.2, 0.25) is 15.9 Å². The summed E-state index contributed by atoms with van der Waals surface area (Å²) in [5.74, 6) is -3.56. The minimum Gasteiger partial charge on any atom is -0.349 e. The smallest absolute Gasteiger partial charge is 0.270 e. The first kappa shape index (κ1) is 27.9. The van der Waals surface area contributed by atoms with Crippen molar-refractivity contribution in [3.8, 4) is 11.1 Å². The summed E-state index contributed by atoms with van der Waals surface area (Å²) in [6.45, 7) is 2.68. The van der Waals surface area contributed by atoms with E-state index in [1.807, 2.05) is 6.92 Å². The van der Waals surface area contributed by atoms with E-state index in [9.17, 15) is 26.4 Å². The number of rotatable bonds is 8. The minimum atomic E-state index is -3.76. The molecule has 1 fully saturated rings. The fourth-order valence-corrected chi connectivity index (χ4v) is 6.01. The van der Waals surface area contributed by atoms with E-state index >= 15 is 0 Å². The monoisotopic (exact) mass is 544 g/mol. The lowest BCUT2D eigenvalue weighted by atomic mass is 9.85. The molecular weight excluding hydrogens is 513 g/mol. The first-order chi connectivity index (χ1) is 17.9. The van der Waals surface area contributed by atoms with Crippen LogP contribution in [0.1, 0.15) is 56.7 Å². The first-order valence-electron chi connectivity index (χ1n) is 12.6. The second-order valence-electron chi connectivity index (χ2n) is 9.94. The number of halogens is 3. The predicted octanol–water partition coefficient (Wildman–Crippen LogP) is 6.32. The molecular formula is C29H31F3N2O3S. The van der Waals surface area contributed by atoms with Crippen molar-refractivity contribution in [2.45, 2.75) is 62.4 Å². The highest BCUT2D eigenvalue weighted by molar-refractivity contribution is 7.89. The molecule has 202 valence electrons. The van der Waals surface area contributed by atoms with Crippen molar-refractivity contribution < 1.29 is 26.4 Å². The van der Waals surface area contributed by atoms with Crippen molar-refractivity contribution in [2.24, 2.45) is 5.92 Å². The molecule has 1 atom stereocenters. The Balaban J connectivity index is 1.30.